The van der Waals surface area contributed by atoms with Gasteiger partial charge in [-0.05, 0) is 23.6 Å². The van der Waals surface area contributed by atoms with Crippen molar-refractivity contribution in [3.8, 4) is 0 Å². The fourth-order valence-corrected chi connectivity index (χ4v) is 2.95. The first-order valence-electron chi connectivity index (χ1n) is 6.91. The van der Waals surface area contributed by atoms with Crippen LogP contribution in [0.2, 0.25) is 0 Å². The van der Waals surface area contributed by atoms with Crippen LogP contribution in [0.1, 0.15) is 9.67 Å². The van der Waals surface area contributed by atoms with Gasteiger partial charge in [0.25, 0.3) is 17.5 Å². The third-order valence-electron chi connectivity index (χ3n) is 3.51. The van der Waals surface area contributed by atoms with Crippen LogP contribution in [0.3, 0.4) is 0 Å². The molecule has 6 nitrogen and oxygen atoms in total. The molecule has 130 valence electrons. The van der Waals surface area contributed by atoms with Crippen molar-refractivity contribution in [1.29, 1.82) is 0 Å². The summed E-state index contributed by atoms with van der Waals surface area (Å²) in [7, 11) is 0. The summed E-state index contributed by atoms with van der Waals surface area (Å²) in [6.45, 7) is 0. The minimum atomic E-state index is -5.24. The van der Waals surface area contributed by atoms with Gasteiger partial charge in [-0.3, -0.25) is 14.9 Å². The zero-order valence-corrected chi connectivity index (χ0v) is 13.1. The first-order valence-corrected chi connectivity index (χ1v) is 7.79. The molecule has 1 saturated heterocycles. The number of amides is 4. The molecule has 2 heterocycles. The van der Waals surface area contributed by atoms with Crippen LogP contribution < -0.4 is 15.5 Å². The molecular formula is C15H10F3N3O3S. The number of anilines is 1. The van der Waals surface area contributed by atoms with Gasteiger partial charge in [0.05, 0.1) is 10.6 Å². The largest absolute Gasteiger partial charge is 0.440 e. The highest BCUT2D eigenvalue weighted by atomic mass is 32.1. The standard InChI is InChI=1S/C15H10F3N3O3S/c16-15(17,18)14(19-11(22)10-7-4-8-25-10)12(23)21(13(24)20-14)9-5-2-1-3-6-9/h1-8H,(H,19,22)(H,20,24)/t14-/m1/s1. The van der Waals surface area contributed by atoms with E-state index in [9.17, 15) is 27.6 Å². The third kappa shape index (κ3) is 2.74. The fourth-order valence-electron chi connectivity index (χ4n) is 2.33. The number of imide groups is 1. The molecule has 25 heavy (non-hydrogen) atoms. The van der Waals surface area contributed by atoms with Crippen LogP contribution in [-0.2, 0) is 4.79 Å². The maximum Gasteiger partial charge on any atom is 0.440 e. The number of hydrogen-bond donors (Lipinski definition) is 2. The van der Waals surface area contributed by atoms with Crippen molar-refractivity contribution in [2.45, 2.75) is 11.8 Å². The van der Waals surface area contributed by atoms with Crippen LogP contribution in [0.4, 0.5) is 23.7 Å². The molecule has 4 amide bonds. The Labute approximate surface area is 143 Å². The Balaban J connectivity index is 2.01. The average Bonchev–Trinajstić information content (AvgIpc) is 3.16. The van der Waals surface area contributed by atoms with Crippen molar-refractivity contribution in [3.05, 3.63) is 52.7 Å². The molecule has 10 heteroatoms. The summed E-state index contributed by atoms with van der Waals surface area (Å²) < 4.78 is 41.0. The summed E-state index contributed by atoms with van der Waals surface area (Å²) in [4.78, 5) is 37.0. The Morgan fingerprint density at radius 3 is 2.36 bits per heavy atom. The Kier molecular flexibility index (Phi) is 3.99. The van der Waals surface area contributed by atoms with E-state index in [4.69, 9.17) is 0 Å². The number of carbonyl (C=O) groups is 3. The number of nitrogens with one attached hydrogen (secondary N) is 2. The highest BCUT2D eigenvalue weighted by Gasteiger charge is 2.69. The van der Waals surface area contributed by atoms with Gasteiger partial charge in [0.2, 0.25) is 0 Å². The second-order valence-corrected chi connectivity index (χ2v) is 6.03. The molecule has 1 atom stereocenters. The second kappa shape index (κ2) is 5.88. The van der Waals surface area contributed by atoms with Crippen molar-refractivity contribution in [1.82, 2.24) is 10.6 Å². The van der Waals surface area contributed by atoms with E-state index in [1.807, 2.05) is 0 Å². The highest BCUT2D eigenvalue weighted by Crippen LogP contribution is 2.36. The quantitative estimate of drug-likeness (QED) is 0.816. The molecular weight excluding hydrogens is 359 g/mol. The van der Waals surface area contributed by atoms with Gasteiger partial charge >= 0.3 is 12.2 Å². The van der Waals surface area contributed by atoms with Gasteiger partial charge in [0.1, 0.15) is 0 Å². The predicted molar refractivity (Wildman–Crippen MR) is 83.0 cm³/mol. The summed E-state index contributed by atoms with van der Waals surface area (Å²) in [6.07, 6.45) is -5.24. The lowest BCUT2D eigenvalue weighted by Gasteiger charge is -2.29. The maximum atomic E-state index is 13.7. The topological polar surface area (TPSA) is 78.5 Å². The molecule has 0 saturated carbocycles. The fraction of sp³-hybridized carbons (Fsp3) is 0.133. The molecule has 1 aliphatic rings. The van der Waals surface area contributed by atoms with E-state index >= 15 is 0 Å². The minimum absolute atomic E-state index is 0.0242. The van der Waals surface area contributed by atoms with Crippen LogP contribution in [0.15, 0.2) is 47.8 Å². The van der Waals surface area contributed by atoms with E-state index in [0.29, 0.717) is 4.90 Å². The van der Waals surface area contributed by atoms with Crippen LogP contribution in [0.5, 0.6) is 0 Å². The molecule has 1 fully saturated rings. The lowest BCUT2D eigenvalue weighted by atomic mass is 10.1. The molecule has 1 aromatic carbocycles. The van der Waals surface area contributed by atoms with E-state index in [0.717, 1.165) is 11.3 Å². The Morgan fingerprint density at radius 2 is 1.80 bits per heavy atom. The first kappa shape index (κ1) is 17.0. The van der Waals surface area contributed by atoms with Crippen molar-refractivity contribution < 1.29 is 27.6 Å². The average molecular weight is 369 g/mol. The van der Waals surface area contributed by atoms with Crippen LogP contribution in [-0.4, -0.2) is 29.7 Å². The van der Waals surface area contributed by atoms with E-state index < -0.39 is 29.7 Å². The molecule has 0 bridgehead atoms. The van der Waals surface area contributed by atoms with Crippen molar-refractivity contribution >= 4 is 34.9 Å². The number of rotatable bonds is 3. The van der Waals surface area contributed by atoms with Crippen LogP contribution in [0.25, 0.3) is 0 Å². The van der Waals surface area contributed by atoms with Gasteiger partial charge in [-0.15, -0.1) is 11.3 Å². The van der Waals surface area contributed by atoms with Gasteiger partial charge in [-0.2, -0.15) is 13.2 Å². The summed E-state index contributed by atoms with van der Waals surface area (Å²) in [5, 5.41) is 4.72. The van der Waals surface area contributed by atoms with E-state index in [1.165, 1.54) is 41.8 Å². The number of carbonyl (C=O) groups excluding carboxylic acids is 3. The summed E-state index contributed by atoms with van der Waals surface area (Å²) in [5.74, 6) is -2.74. The molecule has 0 unspecified atom stereocenters. The number of thiophene rings is 1. The maximum absolute atomic E-state index is 13.7. The van der Waals surface area contributed by atoms with E-state index in [-0.39, 0.29) is 10.6 Å². The van der Waals surface area contributed by atoms with Crippen LogP contribution >= 0.6 is 11.3 Å². The summed E-state index contributed by atoms with van der Waals surface area (Å²) in [5.41, 5.74) is -3.57. The molecule has 0 aliphatic carbocycles. The molecule has 3 rings (SSSR count). The van der Waals surface area contributed by atoms with Crippen molar-refractivity contribution in [2.24, 2.45) is 0 Å². The summed E-state index contributed by atoms with van der Waals surface area (Å²) >= 11 is 0.906. The van der Waals surface area contributed by atoms with E-state index in [1.54, 1.807) is 16.7 Å². The van der Waals surface area contributed by atoms with Gasteiger partial charge in [0.15, 0.2) is 0 Å². The lowest BCUT2D eigenvalue weighted by Crippen LogP contribution is -2.69. The van der Waals surface area contributed by atoms with Gasteiger partial charge in [0, 0.05) is 0 Å². The second-order valence-electron chi connectivity index (χ2n) is 5.09. The minimum Gasteiger partial charge on any atom is -0.313 e. The number of hydrogen-bond acceptors (Lipinski definition) is 4. The Hall–Kier alpha value is -2.88. The number of urea groups is 1. The Bertz CT molecular complexity index is 824. The Morgan fingerprint density at radius 1 is 1.12 bits per heavy atom. The molecule has 1 aliphatic heterocycles. The van der Waals surface area contributed by atoms with Crippen LogP contribution in [0, 0.1) is 0 Å². The zero-order valence-electron chi connectivity index (χ0n) is 12.3. The highest BCUT2D eigenvalue weighted by molar-refractivity contribution is 7.12. The van der Waals surface area contributed by atoms with Gasteiger partial charge in [-0.25, -0.2) is 9.69 Å². The monoisotopic (exact) mass is 369 g/mol. The zero-order chi connectivity index (χ0) is 18.2. The van der Waals surface area contributed by atoms with Gasteiger partial charge < -0.3 is 5.32 Å². The number of halogens is 3. The molecule has 2 aromatic rings. The van der Waals surface area contributed by atoms with E-state index in [2.05, 4.69) is 0 Å². The third-order valence-corrected chi connectivity index (χ3v) is 4.38. The first-order chi connectivity index (χ1) is 11.8. The predicted octanol–water partition coefficient (Wildman–Crippen LogP) is 2.49. The normalized spacial score (nSPS) is 20.5. The molecule has 0 radical (unpaired) electrons. The number of alkyl halides is 3. The molecule has 0 spiro atoms. The SMILES string of the molecule is O=C(N[C@@]1(C(F)(F)F)NC(=O)N(c2ccccc2)C1=O)c1cccs1. The smallest absolute Gasteiger partial charge is 0.313 e. The van der Waals surface area contributed by atoms with Gasteiger partial charge in [-0.1, -0.05) is 24.3 Å². The summed E-state index contributed by atoms with van der Waals surface area (Å²) in [6, 6.07) is 8.64. The number of benzene rings is 1. The number of para-hydroxylation sites is 1. The van der Waals surface area contributed by atoms with Crippen molar-refractivity contribution in [3.63, 3.8) is 0 Å². The van der Waals surface area contributed by atoms with Crippen molar-refractivity contribution in [2.75, 3.05) is 4.90 Å². The lowest BCUT2D eigenvalue weighted by molar-refractivity contribution is -0.197. The molecule has 1 aromatic heterocycles. The number of nitrogens with zero attached hydrogens (tertiary/aromatic N) is 1. The molecule has 2 N–H and O–H groups in total.